The Morgan fingerprint density at radius 1 is 0.910 bits per heavy atom. The summed E-state index contributed by atoms with van der Waals surface area (Å²) >= 11 is 0. The number of hydrogen-bond acceptors (Lipinski definition) is 12. The Hall–Kier alpha value is -6.68. The van der Waals surface area contributed by atoms with E-state index in [9.17, 15) is 35.2 Å². The molecule has 0 bridgehead atoms. The van der Waals surface area contributed by atoms with Crippen molar-refractivity contribution in [3.63, 3.8) is 0 Å². The first-order chi connectivity index (χ1) is 32.6. The number of nitrogens with zero attached hydrogens (tertiary/aromatic N) is 4. The summed E-state index contributed by atoms with van der Waals surface area (Å²) < 4.78 is 20.7. The summed E-state index contributed by atoms with van der Waals surface area (Å²) in [6.45, 7) is 6.68. The molecule has 15 nitrogen and oxygen atoms in total. The molecule has 0 radical (unpaired) electrons. The van der Waals surface area contributed by atoms with Crippen molar-refractivity contribution in [2.45, 2.75) is 82.6 Å². The van der Waals surface area contributed by atoms with Crippen LogP contribution in [0.4, 0.5) is 11.4 Å². The van der Waals surface area contributed by atoms with Crippen LogP contribution < -0.4 is 9.47 Å². The third kappa shape index (κ3) is 11.1. The molecule has 0 saturated heterocycles. The SMILES string of the molecule is C=CCOC12Oc3ccc(Oc4cccc([N+](=O)[O-])c4)cc3C3C(CCCCO)C(CCCCO)C=C(C(=NOCc4ccccc4)CC1N(CCC)C(=O)C=Cc1ccc([N+](=O)[O-])cc1)C32. The van der Waals surface area contributed by atoms with E-state index in [1.807, 2.05) is 49.4 Å². The maximum Gasteiger partial charge on any atom is 0.273 e. The van der Waals surface area contributed by atoms with Crippen molar-refractivity contribution in [1.29, 1.82) is 0 Å². The van der Waals surface area contributed by atoms with Crippen LogP contribution in [0.3, 0.4) is 0 Å². The molecular weight excluding hydrogens is 857 g/mol. The lowest BCUT2D eigenvalue weighted by Crippen LogP contribution is -2.70. The summed E-state index contributed by atoms with van der Waals surface area (Å²) in [6.07, 6.45) is 12.0. The summed E-state index contributed by atoms with van der Waals surface area (Å²) in [5.74, 6) is -1.56. The molecule has 1 saturated carbocycles. The van der Waals surface area contributed by atoms with Crippen LogP contribution in [0.15, 0.2) is 133 Å². The van der Waals surface area contributed by atoms with E-state index < -0.39 is 27.6 Å². The first-order valence-corrected chi connectivity index (χ1v) is 23.0. The van der Waals surface area contributed by atoms with E-state index in [4.69, 9.17) is 24.2 Å². The zero-order valence-electron chi connectivity index (χ0n) is 37.7. The van der Waals surface area contributed by atoms with Crippen LogP contribution in [0.25, 0.3) is 6.08 Å². The fourth-order valence-electron chi connectivity index (χ4n) is 9.90. The maximum absolute atomic E-state index is 14.8. The van der Waals surface area contributed by atoms with Gasteiger partial charge in [0.25, 0.3) is 11.4 Å². The minimum atomic E-state index is -1.50. The van der Waals surface area contributed by atoms with Gasteiger partial charge in [0, 0.05) is 61.9 Å². The third-order valence-corrected chi connectivity index (χ3v) is 12.8. The van der Waals surface area contributed by atoms with E-state index in [2.05, 4.69) is 12.7 Å². The number of non-ortho nitro benzene ring substituents is 2. The molecule has 4 aromatic carbocycles. The standard InChI is InChI=1S/C52H58N4O11/c1-3-27-54(49(59)26-21-36-19-22-39(23-20-36)55(60)61)48-34-46(53-65-35-37-13-6-5-7-14-37)44-31-38(15-8-10-28-57)43(18-9-11-29-58)50-45-33-42(66-41-17-12-16-40(32-41)56(62)63)24-25-47(45)67-52(48,51(44)50)64-30-4-2/h4-7,12-14,16-17,19-26,31-33,38,43,48,50-51,57-58H,2-3,8-11,15,18,27-30,34-35H2,1H3. The number of allylic oxidation sites excluding steroid dienone is 1. The fourth-order valence-corrected chi connectivity index (χ4v) is 9.90. The smallest absolute Gasteiger partial charge is 0.273 e. The summed E-state index contributed by atoms with van der Waals surface area (Å²) in [5.41, 5.74) is 3.70. The van der Waals surface area contributed by atoms with E-state index in [1.54, 1.807) is 47.4 Å². The van der Waals surface area contributed by atoms with Crippen molar-refractivity contribution in [3.05, 3.63) is 164 Å². The van der Waals surface area contributed by atoms with Crippen LogP contribution in [0.1, 0.15) is 80.9 Å². The molecule has 7 rings (SSSR count). The van der Waals surface area contributed by atoms with Crippen LogP contribution in [-0.4, -0.2) is 74.8 Å². The molecule has 2 aliphatic carbocycles. The first kappa shape index (κ1) is 48.3. The van der Waals surface area contributed by atoms with Crippen LogP contribution in [0.5, 0.6) is 17.2 Å². The van der Waals surface area contributed by atoms with Gasteiger partial charge in [-0.05, 0) is 103 Å². The molecule has 1 fully saturated rings. The van der Waals surface area contributed by atoms with Gasteiger partial charge in [0.15, 0.2) is 0 Å². The van der Waals surface area contributed by atoms with E-state index in [0.717, 1.165) is 42.4 Å². The lowest BCUT2D eigenvalue weighted by Gasteiger charge is -2.60. The molecule has 6 atom stereocenters. The van der Waals surface area contributed by atoms with Crippen LogP contribution >= 0.6 is 0 Å². The highest BCUT2D eigenvalue weighted by Gasteiger charge is 2.65. The second kappa shape index (κ2) is 22.7. The number of oxime groups is 1. The Morgan fingerprint density at radius 2 is 1.64 bits per heavy atom. The highest BCUT2D eigenvalue weighted by molar-refractivity contribution is 6.03. The molecule has 352 valence electrons. The van der Waals surface area contributed by atoms with Gasteiger partial charge in [-0.25, -0.2) is 0 Å². The average molecular weight is 915 g/mol. The fraction of sp³-hybridized carbons (Fsp3) is 0.385. The molecule has 1 aliphatic heterocycles. The Kier molecular flexibility index (Phi) is 16.3. The van der Waals surface area contributed by atoms with Crippen LogP contribution in [-0.2, 0) is 21.0 Å². The molecule has 4 aromatic rings. The van der Waals surface area contributed by atoms with Crippen molar-refractivity contribution < 1.29 is 43.9 Å². The zero-order chi connectivity index (χ0) is 47.3. The highest BCUT2D eigenvalue weighted by Crippen LogP contribution is 2.62. The number of rotatable bonds is 23. The van der Waals surface area contributed by atoms with Crippen molar-refractivity contribution in [3.8, 4) is 17.2 Å². The summed E-state index contributed by atoms with van der Waals surface area (Å²) in [5, 5.41) is 47.9. The summed E-state index contributed by atoms with van der Waals surface area (Å²) in [4.78, 5) is 44.9. The first-order valence-electron chi connectivity index (χ1n) is 23.0. The molecule has 1 amide bonds. The van der Waals surface area contributed by atoms with Gasteiger partial charge >= 0.3 is 0 Å². The lowest BCUT2D eigenvalue weighted by atomic mass is 9.55. The van der Waals surface area contributed by atoms with Gasteiger partial charge in [0.2, 0.25) is 11.7 Å². The molecule has 1 heterocycles. The van der Waals surface area contributed by atoms with Gasteiger partial charge < -0.3 is 34.2 Å². The lowest BCUT2D eigenvalue weighted by molar-refractivity contribution is -0.385. The Morgan fingerprint density at radius 3 is 2.34 bits per heavy atom. The van der Waals surface area contributed by atoms with Crippen LogP contribution in [0.2, 0.25) is 0 Å². The van der Waals surface area contributed by atoms with Crippen LogP contribution in [0, 0.1) is 38.0 Å². The number of ether oxygens (including phenoxy) is 3. The number of aliphatic hydroxyl groups is 2. The Bertz CT molecular complexity index is 2460. The number of aliphatic hydroxyl groups excluding tert-OH is 2. The molecule has 0 spiro atoms. The number of hydrogen-bond donors (Lipinski definition) is 2. The van der Waals surface area contributed by atoms with Gasteiger partial charge in [-0.15, -0.1) is 6.58 Å². The quantitative estimate of drug-likeness (QED) is 0.0236. The number of fused-ring (bicyclic) bond motifs is 2. The minimum Gasteiger partial charge on any atom is -0.459 e. The number of unbranched alkanes of at least 4 members (excludes halogenated alkanes) is 2. The van der Waals surface area contributed by atoms with E-state index in [-0.39, 0.29) is 67.9 Å². The van der Waals surface area contributed by atoms with Crippen molar-refractivity contribution in [2.24, 2.45) is 22.9 Å². The Labute approximate surface area is 390 Å². The predicted octanol–water partition coefficient (Wildman–Crippen LogP) is 10.1. The topological polar surface area (TPSA) is 196 Å². The second-order valence-electron chi connectivity index (χ2n) is 17.1. The largest absolute Gasteiger partial charge is 0.459 e. The van der Waals surface area contributed by atoms with Crippen molar-refractivity contribution in [2.75, 3.05) is 26.4 Å². The number of benzene rings is 4. The van der Waals surface area contributed by atoms with Crippen molar-refractivity contribution >= 4 is 29.1 Å². The third-order valence-electron chi connectivity index (χ3n) is 12.8. The van der Waals surface area contributed by atoms with Gasteiger partial charge in [0.1, 0.15) is 29.9 Å². The molecule has 3 aliphatic rings. The second-order valence-corrected chi connectivity index (χ2v) is 17.1. The monoisotopic (exact) mass is 914 g/mol. The number of carbonyl (C=O) groups excluding carboxylic acids is 1. The van der Waals surface area contributed by atoms with Crippen molar-refractivity contribution in [1.82, 2.24) is 4.90 Å². The molecule has 6 unspecified atom stereocenters. The molecule has 0 aromatic heterocycles. The molecule has 2 N–H and O–H groups in total. The van der Waals surface area contributed by atoms with E-state index >= 15 is 0 Å². The van der Waals surface area contributed by atoms with E-state index in [0.29, 0.717) is 54.3 Å². The normalized spacial score (nSPS) is 22.2. The van der Waals surface area contributed by atoms with Gasteiger partial charge in [-0.3, -0.25) is 25.0 Å². The summed E-state index contributed by atoms with van der Waals surface area (Å²) in [7, 11) is 0. The van der Waals surface area contributed by atoms with Gasteiger partial charge in [-0.1, -0.05) is 73.5 Å². The number of amides is 1. The number of carbonyl (C=O) groups is 1. The predicted molar refractivity (Wildman–Crippen MR) is 253 cm³/mol. The average Bonchev–Trinajstić information content (AvgIpc) is 3.33. The van der Waals surface area contributed by atoms with E-state index in [1.165, 1.54) is 30.3 Å². The molecular formula is C52H58N4O11. The van der Waals surface area contributed by atoms with Gasteiger partial charge in [0.05, 0.1) is 34.1 Å². The summed E-state index contributed by atoms with van der Waals surface area (Å²) in [6, 6.07) is 26.4. The molecule has 67 heavy (non-hydrogen) atoms. The Balaban J connectivity index is 1.42. The number of nitro groups is 2. The minimum absolute atomic E-state index is 0.0141. The zero-order valence-corrected chi connectivity index (χ0v) is 37.7. The maximum atomic E-state index is 14.8. The highest BCUT2D eigenvalue weighted by atomic mass is 16.7. The van der Waals surface area contributed by atoms with Gasteiger partial charge in [-0.2, -0.15) is 0 Å². The number of nitro benzene ring substituents is 2. The molecule has 15 heteroatoms.